The van der Waals surface area contributed by atoms with Crippen LogP contribution in [0.4, 0.5) is 10.1 Å². The second kappa shape index (κ2) is 5.34. The van der Waals surface area contributed by atoms with Gasteiger partial charge in [0.1, 0.15) is 5.82 Å². The fourth-order valence-electron chi connectivity index (χ4n) is 3.68. The van der Waals surface area contributed by atoms with Crippen LogP contribution in [0.1, 0.15) is 37.9 Å². The van der Waals surface area contributed by atoms with Gasteiger partial charge in [0.25, 0.3) is 0 Å². The lowest BCUT2D eigenvalue weighted by atomic mass is 10.0. The predicted molar refractivity (Wildman–Crippen MR) is 78.4 cm³/mol. The lowest BCUT2D eigenvalue weighted by Crippen LogP contribution is -2.37. The van der Waals surface area contributed by atoms with Crippen molar-refractivity contribution in [1.29, 1.82) is 0 Å². The van der Waals surface area contributed by atoms with Crippen molar-refractivity contribution in [3.8, 4) is 0 Å². The van der Waals surface area contributed by atoms with Gasteiger partial charge >= 0.3 is 0 Å². The first-order chi connectivity index (χ1) is 9.56. The summed E-state index contributed by atoms with van der Waals surface area (Å²) in [6.45, 7) is 3.66. The number of fused-ring (bicyclic) bond motifs is 2. The van der Waals surface area contributed by atoms with Crippen molar-refractivity contribution < 1.29 is 9.50 Å². The molecule has 1 N–H and O–H groups in total. The zero-order valence-electron chi connectivity index (χ0n) is 12.2. The van der Waals surface area contributed by atoms with Crippen LogP contribution >= 0.6 is 0 Å². The van der Waals surface area contributed by atoms with Crippen LogP contribution in [0.5, 0.6) is 0 Å². The molecule has 2 saturated heterocycles. The van der Waals surface area contributed by atoms with Crippen molar-refractivity contribution in [2.45, 2.75) is 44.4 Å². The average molecular weight is 278 g/mol. The molecule has 110 valence electrons. The van der Waals surface area contributed by atoms with E-state index in [0.29, 0.717) is 17.6 Å². The fraction of sp³-hybridized carbons (Fsp3) is 0.625. The van der Waals surface area contributed by atoms with Crippen LogP contribution in [0.3, 0.4) is 0 Å². The standard InChI is InChI=1S/C16H23FN2O/c1-11(20)15-9-12(17)3-6-16(15)19-8-7-13-4-5-14(10-19)18(13)2/h3,6,9,11,13-14,20H,4-5,7-8,10H2,1-2H3/t11-,13?,14?/m0/s1. The van der Waals surface area contributed by atoms with E-state index in [0.717, 1.165) is 25.2 Å². The van der Waals surface area contributed by atoms with Crippen LogP contribution in [-0.2, 0) is 0 Å². The third kappa shape index (κ3) is 2.42. The summed E-state index contributed by atoms with van der Waals surface area (Å²) in [5.41, 5.74) is 1.69. The predicted octanol–water partition coefficient (Wildman–Crippen LogP) is 2.55. The molecule has 3 nitrogen and oxygen atoms in total. The van der Waals surface area contributed by atoms with Crippen molar-refractivity contribution in [2.75, 3.05) is 25.0 Å². The van der Waals surface area contributed by atoms with E-state index in [9.17, 15) is 9.50 Å². The molecule has 0 aromatic heterocycles. The summed E-state index contributed by atoms with van der Waals surface area (Å²) in [6.07, 6.45) is 3.03. The third-order valence-corrected chi connectivity index (χ3v) is 4.93. The van der Waals surface area contributed by atoms with Gasteiger partial charge in [0.05, 0.1) is 6.10 Å². The second-order valence-corrected chi connectivity index (χ2v) is 6.16. The summed E-state index contributed by atoms with van der Waals surface area (Å²) < 4.78 is 13.4. The lowest BCUT2D eigenvalue weighted by Gasteiger charge is -2.30. The number of likely N-dealkylation sites (N-methyl/N-ethyl adjacent to an activating group) is 1. The molecule has 3 rings (SSSR count). The topological polar surface area (TPSA) is 26.7 Å². The van der Waals surface area contributed by atoms with Gasteiger partial charge in [0.15, 0.2) is 0 Å². The number of benzene rings is 1. The summed E-state index contributed by atoms with van der Waals surface area (Å²) in [7, 11) is 2.21. The molecule has 2 heterocycles. The molecule has 2 fully saturated rings. The normalized spacial score (nSPS) is 28.5. The van der Waals surface area contributed by atoms with Crippen LogP contribution in [-0.4, -0.2) is 42.2 Å². The number of aliphatic hydroxyl groups is 1. The van der Waals surface area contributed by atoms with Crippen LogP contribution in [0.15, 0.2) is 18.2 Å². The van der Waals surface area contributed by atoms with E-state index in [1.165, 1.54) is 25.0 Å². The molecule has 0 radical (unpaired) electrons. The monoisotopic (exact) mass is 278 g/mol. The molecule has 3 atom stereocenters. The molecule has 4 heteroatoms. The Kier molecular flexibility index (Phi) is 3.69. The Morgan fingerprint density at radius 3 is 2.75 bits per heavy atom. The first-order valence-corrected chi connectivity index (χ1v) is 7.50. The van der Waals surface area contributed by atoms with Gasteiger partial charge in [0, 0.05) is 36.4 Å². The van der Waals surface area contributed by atoms with E-state index in [-0.39, 0.29) is 5.82 Å². The van der Waals surface area contributed by atoms with Gasteiger partial charge in [-0.05, 0) is 51.4 Å². The summed E-state index contributed by atoms with van der Waals surface area (Å²) in [5.74, 6) is -0.280. The largest absolute Gasteiger partial charge is 0.389 e. The van der Waals surface area contributed by atoms with Gasteiger partial charge in [0.2, 0.25) is 0 Å². The Labute approximate surface area is 120 Å². The molecule has 0 amide bonds. The molecule has 2 aliphatic rings. The minimum Gasteiger partial charge on any atom is -0.389 e. The van der Waals surface area contributed by atoms with E-state index in [1.54, 1.807) is 6.92 Å². The van der Waals surface area contributed by atoms with Crippen molar-refractivity contribution in [3.63, 3.8) is 0 Å². The number of aliphatic hydroxyl groups excluding tert-OH is 1. The van der Waals surface area contributed by atoms with Gasteiger partial charge in [-0.2, -0.15) is 0 Å². The van der Waals surface area contributed by atoms with E-state index < -0.39 is 6.10 Å². The van der Waals surface area contributed by atoms with E-state index in [2.05, 4.69) is 16.8 Å². The Bertz CT molecular complexity index is 491. The maximum Gasteiger partial charge on any atom is 0.123 e. The summed E-state index contributed by atoms with van der Waals surface area (Å²) in [5, 5.41) is 9.91. The molecule has 2 unspecified atom stereocenters. The Balaban J connectivity index is 1.89. The maximum atomic E-state index is 13.4. The molecule has 2 aliphatic heterocycles. The van der Waals surface area contributed by atoms with Crippen LogP contribution in [0.2, 0.25) is 0 Å². The van der Waals surface area contributed by atoms with Crippen molar-refractivity contribution in [3.05, 3.63) is 29.6 Å². The Morgan fingerprint density at radius 2 is 2.00 bits per heavy atom. The van der Waals surface area contributed by atoms with E-state index >= 15 is 0 Å². The fourth-order valence-corrected chi connectivity index (χ4v) is 3.68. The third-order valence-electron chi connectivity index (χ3n) is 4.93. The summed E-state index contributed by atoms with van der Waals surface area (Å²) in [6, 6.07) is 6.03. The smallest absolute Gasteiger partial charge is 0.123 e. The minimum atomic E-state index is -0.640. The van der Waals surface area contributed by atoms with Gasteiger partial charge in [-0.15, -0.1) is 0 Å². The number of nitrogens with zero attached hydrogens (tertiary/aromatic N) is 2. The average Bonchev–Trinajstić information content (AvgIpc) is 2.64. The molecular weight excluding hydrogens is 255 g/mol. The molecule has 1 aromatic rings. The minimum absolute atomic E-state index is 0.280. The summed E-state index contributed by atoms with van der Waals surface area (Å²) >= 11 is 0. The highest BCUT2D eigenvalue weighted by molar-refractivity contribution is 5.55. The van der Waals surface area contributed by atoms with Crippen LogP contribution in [0, 0.1) is 5.82 Å². The SMILES string of the molecule is C[C@H](O)c1cc(F)ccc1N1CCC2CCC(C1)N2C. The molecular formula is C16H23FN2O. The van der Waals surface area contributed by atoms with E-state index in [1.807, 2.05) is 6.07 Å². The van der Waals surface area contributed by atoms with Gasteiger partial charge < -0.3 is 10.0 Å². The quantitative estimate of drug-likeness (QED) is 0.900. The Morgan fingerprint density at radius 1 is 1.25 bits per heavy atom. The molecule has 0 saturated carbocycles. The highest BCUT2D eigenvalue weighted by Crippen LogP contribution is 2.33. The molecule has 0 aliphatic carbocycles. The second-order valence-electron chi connectivity index (χ2n) is 6.16. The van der Waals surface area contributed by atoms with Crippen molar-refractivity contribution in [2.24, 2.45) is 0 Å². The first-order valence-electron chi connectivity index (χ1n) is 7.50. The van der Waals surface area contributed by atoms with Crippen LogP contribution in [0.25, 0.3) is 0 Å². The zero-order valence-corrected chi connectivity index (χ0v) is 12.2. The maximum absolute atomic E-state index is 13.4. The lowest BCUT2D eigenvalue weighted by molar-refractivity contribution is 0.199. The van der Waals surface area contributed by atoms with Crippen molar-refractivity contribution >= 4 is 5.69 Å². The highest BCUT2D eigenvalue weighted by atomic mass is 19.1. The number of anilines is 1. The highest BCUT2D eigenvalue weighted by Gasteiger charge is 2.35. The summed E-state index contributed by atoms with van der Waals surface area (Å²) in [4.78, 5) is 4.81. The van der Waals surface area contributed by atoms with Gasteiger partial charge in [-0.1, -0.05) is 0 Å². The molecule has 2 bridgehead atoms. The van der Waals surface area contributed by atoms with Crippen molar-refractivity contribution in [1.82, 2.24) is 4.90 Å². The molecule has 20 heavy (non-hydrogen) atoms. The number of rotatable bonds is 2. The van der Waals surface area contributed by atoms with Crippen LogP contribution < -0.4 is 4.90 Å². The van der Waals surface area contributed by atoms with E-state index in [4.69, 9.17) is 0 Å². The number of halogens is 1. The first kappa shape index (κ1) is 13.8. The Hall–Kier alpha value is -1.13. The number of hydrogen-bond acceptors (Lipinski definition) is 3. The van der Waals surface area contributed by atoms with Gasteiger partial charge in [-0.3, -0.25) is 4.90 Å². The number of hydrogen-bond donors (Lipinski definition) is 1. The van der Waals surface area contributed by atoms with Gasteiger partial charge in [-0.25, -0.2) is 4.39 Å². The molecule has 1 aromatic carbocycles. The zero-order chi connectivity index (χ0) is 14.3. The molecule has 0 spiro atoms.